The van der Waals surface area contributed by atoms with Gasteiger partial charge in [0, 0.05) is 17.3 Å². The Hall–Kier alpha value is -2.49. The Bertz CT molecular complexity index is 803. The molecule has 4 rings (SSSR count). The molecule has 1 saturated carbocycles. The average Bonchev–Trinajstić information content (AvgIpc) is 3.17. The molecule has 1 aromatic carbocycles. The molecule has 2 heterocycles. The van der Waals surface area contributed by atoms with E-state index in [0.29, 0.717) is 17.4 Å². The molecule has 4 nitrogen and oxygen atoms in total. The highest BCUT2D eigenvalue weighted by molar-refractivity contribution is 5.97. The maximum atomic E-state index is 6.00. The number of pyridine rings is 1. The van der Waals surface area contributed by atoms with Gasteiger partial charge >= 0.3 is 0 Å². The summed E-state index contributed by atoms with van der Waals surface area (Å²) >= 11 is 0. The minimum Gasteiger partial charge on any atom is -0.437 e. The molecule has 0 saturated heterocycles. The predicted octanol–water partition coefficient (Wildman–Crippen LogP) is 4.81. The van der Waals surface area contributed by atoms with E-state index in [0.717, 1.165) is 16.8 Å². The number of anilines is 3. The maximum absolute atomic E-state index is 6.00. The molecule has 1 aliphatic carbocycles. The molecule has 3 N–H and O–H groups in total. The zero-order chi connectivity index (χ0) is 14.9. The van der Waals surface area contributed by atoms with E-state index in [-0.39, 0.29) is 0 Å². The van der Waals surface area contributed by atoms with Crippen LogP contribution in [0, 0.1) is 0 Å². The quantitative estimate of drug-likeness (QED) is 0.727. The van der Waals surface area contributed by atoms with Gasteiger partial charge in [-0.25, -0.2) is 0 Å². The van der Waals surface area contributed by atoms with Gasteiger partial charge in [-0.3, -0.25) is 4.98 Å². The van der Waals surface area contributed by atoms with Crippen LogP contribution in [0.4, 0.5) is 17.3 Å². The molecule has 0 bridgehead atoms. The first-order chi connectivity index (χ1) is 10.8. The Kier molecular flexibility index (Phi) is 3.22. The van der Waals surface area contributed by atoms with E-state index in [2.05, 4.69) is 34.6 Å². The van der Waals surface area contributed by atoms with Gasteiger partial charge in [-0.1, -0.05) is 25.0 Å². The van der Waals surface area contributed by atoms with E-state index in [1.165, 1.54) is 31.2 Å². The molecule has 0 aliphatic heterocycles. The van der Waals surface area contributed by atoms with Gasteiger partial charge in [0.05, 0.1) is 6.20 Å². The first-order valence-corrected chi connectivity index (χ1v) is 7.80. The summed E-state index contributed by atoms with van der Waals surface area (Å²) in [6.07, 6.45) is 8.71. The van der Waals surface area contributed by atoms with Gasteiger partial charge in [-0.15, -0.1) is 0 Å². The molecule has 0 atom stereocenters. The van der Waals surface area contributed by atoms with E-state index in [1.807, 2.05) is 6.07 Å². The van der Waals surface area contributed by atoms with Gasteiger partial charge in [0.2, 0.25) is 5.88 Å². The molecular weight excluding hydrogens is 274 g/mol. The minimum absolute atomic E-state index is 0.397. The van der Waals surface area contributed by atoms with Crippen LogP contribution in [-0.2, 0) is 0 Å². The number of fused-ring (bicyclic) bond motifs is 1. The lowest BCUT2D eigenvalue weighted by Crippen LogP contribution is -1.96. The number of nitrogens with two attached hydrogens (primary N) is 1. The third kappa shape index (κ3) is 2.30. The third-order valence-corrected chi connectivity index (χ3v) is 4.50. The van der Waals surface area contributed by atoms with Gasteiger partial charge < -0.3 is 15.5 Å². The first kappa shape index (κ1) is 13.2. The summed E-state index contributed by atoms with van der Waals surface area (Å²) in [5.41, 5.74) is 9.99. The number of nitrogen functional groups attached to an aromatic ring is 1. The van der Waals surface area contributed by atoms with Crippen LogP contribution in [0.2, 0.25) is 0 Å². The fourth-order valence-electron chi connectivity index (χ4n) is 3.37. The molecule has 0 radical (unpaired) electrons. The lowest BCUT2D eigenvalue weighted by Gasteiger charge is -2.12. The first-order valence-electron chi connectivity index (χ1n) is 7.80. The number of furan rings is 1. The maximum Gasteiger partial charge on any atom is 0.215 e. The summed E-state index contributed by atoms with van der Waals surface area (Å²) < 4.78 is 5.55. The standard InChI is InChI=1S/C18H19N3O/c19-18-17(15-8-9-20-11-16(15)22-18)21-14-7-3-6-13(10-14)12-4-1-2-5-12/h3,6-12,21H,1-2,4-5,19H2. The number of nitrogens with one attached hydrogen (secondary N) is 1. The molecular formula is C18H19N3O. The van der Waals surface area contributed by atoms with Crippen LogP contribution in [0.15, 0.2) is 47.1 Å². The number of nitrogens with zero attached hydrogens (tertiary/aromatic N) is 1. The van der Waals surface area contributed by atoms with Crippen LogP contribution >= 0.6 is 0 Å². The number of benzene rings is 1. The van der Waals surface area contributed by atoms with E-state index in [4.69, 9.17) is 10.2 Å². The van der Waals surface area contributed by atoms with Crippen molar-refractivity contribution in [1.29, 1.82) is 0 Å². The Morgan fingerprint density at radius 2 is 2.05 bits per heavy atom. The fraction of sp³-hybridized carbons (Fsp3) is 0.278. The van der Waals surface area contributed by atoms with Crippen molar-refractivity contribution < 1.29 is 4.42 Å². The lowest BCUT2D eigenvalue weighted by molar-refractivity contribution is 0.636. The van der Waals surface area contributed by atoms with Crippen LogP contribution in [-0.4, -0.2) is 4.98 Å². The zero-order valence-corrected chi connectivity index (χ0v) is 12.4. The van der Waals surface area contributed by atoms with Crippen LogP contribution in [0.25, 0.3) is 11.0 Å². The Morgan fingerprint density at radius 3 is 2.91 bits per heavy atom. The molecule has 1 aliphatic rings. The summed E-state index contributed by atoms with van der Waals surface area (Å²) in [4.78, 5) is 4.06. The minimum atomic E-state index is 0.397. The third-order valence-electron chi connectivity index (χ3n) is 4.50. The molecule has 4 heteroatoms. The van der Waals surface area contributed by atoms with Crippen LogP contribution < -0.4 is 11.1 Å². The molecule has 0 unspecified atom stereocenters. The van der Waals surface area contributed by atoms with E-state index in [1.54, 1.807) is 12.4 Å². The highest BCUT2D eigenvalue weighted by atomic mass is 16.3. The Balaban J connectivity index is 1.67. The van der Waals surface area contributed by atoms with Crippen LogP contribution in [0.3, 0.4) is 0 Å². The SMILES string of the molecule is Nc1oc2cnccc2c1Nc1cccc(C2CCCC2)c1. The van der Waals surface area contributed by atoms with Crippen molar-refractivity contribution in [2.45, 2.75) is 31.6 Å². The number of hydrogen-bond donors (Lipinski definition) is 2. The van der Waals surface area contributed by atoms with E-state index < -0.39 is 0 Å². The molecule has 112 valence electrons. The summed E-state index contributed by atoms with van der Waals surface area (Å²) in [6.45, 7) is 0. The smallest absolute Gasteiger partial charge is 0.215 e. The van der Waals surface area contributed by atoms with Crippen LogP contribution in [0.1, 0.15) is 37.2 Å². The highest BCUT2D eigenvalue weighted by Gasteiger charge is 2.17. The molecule has 3 aromatic rings. The van der Waals surface area contributed by atoms with Gasteiger partial charge in [0.25, 0.3) is 0 Å². The fourth-order valence-corrected chi connectivity index (χ4v) is 3.37. The monoisotopic (exact) mass is 293 g/mol. The number of rotatable bonds is 3. The van der Waals surface area contributed by atoms with Crippen LogP contribution in [0.5, 0.6) is 0 Å². The molecule has 22 heavy (non-hydrogen) atoms. The van der Waals surface area contributed by atoms with E-state index in [9.17, 15) is 0 Å². The summed E-state index contributed by atoms with van der Waals surface area (Å²) in [7, 11) is 0. The Labute approximate surface area is 129 Å². The van der Waals surface area contributed by atoms with Crippen molar-refractivity contribution in [1.82, 2.24) is 4.98 Å². The van der Waals surface area contributed by atoms with E-state index >= 15 is 0 Å². The lowest BCUT2D eigenvalue weighted by atomic mass is 9.97. The summed E-state index contributed by atoms with van der Waals surface area (Å²) in [5, 5.41) is 4.37. The van der Waals surface area contributed by atoms with Crippen molar-refractivity contribution in [3.05, 3.63) is 48.3 Å². The topological polar surface area (TPSA) is 64.1 Å². The summed E-state index contributed by atoms with van der Waals surface area (Å²) in [5.74, 6) is 1.10. The second-order valence-corrected chi connectivity index (χ2v) is 5.94. The van der Waals surface area contributed by atoms with Gasteiger partial charge in [0.1, 0.15) is 5.69 Å². The molecule has 2 aromatic heterocycles. The molecule has 0 amide bonds. The van der Waals surface area contributed by atoms with Crippen molar-refractivity contribution in [3.8, 4) is 0 Å². The Morgan fingerprint density at radius 1 is 1.18 bits per heavy atom. The van der Waals surface area contributed by atoms with Gasteiger partial charge in [-0.05, 0) is 42.5 Å². The predicted molar refractivity (Wildman–Crippen MR) is 89.4 cm³/mol. The van der Waals surface area contributed by atoms with Crippen molar-refractivity contribution in [2.24, 2.45) is 0 Å². The molecule has 0 spiro atoms. The number of hydrogen-bond acceptors (Lipinski definition) is 4. The zero-order valence-electron chi connectivity index (χ0n) is 12.4. The van der Waals surface area contributed by atoms with Crippen molar-refractivity contribution in [3.63, 3.8) is 0 Å². The second-order valence-electron chi connectivity index (χ2n) is 5.94. The van der Waals surface area contributed by atoms with Crippen molar-refractivity contribution in [2.75, 3.05) is 11.1 Å². The highest BCUT2D eigenvalue weighted by Crippen LogP contribution is 2.37. The van der Waals surface area contributed by atoms with Crippen molar-refractivity contribution >= 4 is 28.2 Å². The summed E-state index contributed by atoms with van der Waals surface area (Å²) in [6, 6.07) is 10.5. The normalized spacial score (nSPS) is 15.5. The average molecular weight is 293 g/mol. The largest absolute Gasteiger partial charge is 0.437 e. The van der Waals surface area contributed by atoms with Gasteiger partial charge in [-0.2, -0.15) is 0 Å². The van der Waals surface area contributed by atoms with Gasteiger partial charge in [0.15, 0.2) is 5.58 Å². The molecule has 1 fully saturated rings. The second kappa shape index (κ2) is 5.37. The number of aromatic nitrogens is 1.